The first kappa shape index (κ1) is 89.4. The van der Waals surface area contributed by atoms with Crippen molar-refractivity contribution >= 4 is 81.9 Å². The van der Waals surface area contributed by atoms with Crippen molar-refractivity contribution in [3.05, 3.63) is 107 Å². The van der Waals surface area contributed by atoms with Crippen molar-refractivity contribution < 1.29 is 64.1 Å². The Hall–Kier alpha value is -3.64. The predicted molar refractivity (Wildman–Crippen MR) is 378 cm³/mol. The number of carbonyl (C=O) groups is 4. The van der Waals surface area contributed by atoms with Gasteiger partial charge in [0.1, 0.15) is 46.7 Å². The zero-order valence-corrected chi connectivity index (χ0v) is 62.1. The molecule has 2 aromatic rings. The van der Waals surface area contributed by atoms with E-state index >= 15 is 0 Å². The van der Waals surface area contributed by atoms with E-state index in [1.54, 1.807) is 24.3 Å². The molecule has 0 bridgehead atoms. The SMILES string of the molecule is CCCCCCCCCCCC/C=C/COC(=O)c1ccc(S(=O)(=O)[O-])cc1C(=O)OC/C=C/CCCCCCCCCCCC.CCCCCCCCCCCC/C=C/COC(=O)c1ccc(S(=O)(=O)[O-])cc1C(=O)OC/C=C/CCCCCCCCCCCC.[Ca+2]. The molecule has 93 heavy (non-hydrogen) atoms. The van der Waals surface area contributed by atoms with Crippen LogP contribution >= 0.6 is 0 Å². The smallest absolute Gasteiger partial charge is 0.744 e. The number of unbranched alkanes of at least 4 members (excludes halogenated alkanes) is 40. The van der Waals surface area contributed by atoms with Gasteiger partial charge in [0.05, 0.1) is 32.0 Å². The summed E-state index contributed by atoms with van der Waals surface area (Å²) >= 11 is 0. The van der Waals surface area contributed by atoms with Crippen molar-refractivity contribution in [3.63, 3.8) is 0 Å². The van der Waals surface area contributed by atoms with Gasteiger partial charge in [-0.1, -0.05) is 307 Å². The number of carbonyl (C=O) groups excluding carboxylic acids is 4. The summed E-state index contributed by atoms with van der Waals surface area (Å²) in [6.45, 7) is 8.92. The summed E-state index contributed by atoms with van der Waals surface area (Å²) in [4.78, 5) is 49.9. The zero-order chi connectivity index (χ0) is 67.4. The van der Waals surface area contributed by atoms with Crippen LogP contribution in [0.3, 0.4) is 0 Å². The topological polar surface area (TPSA) is 220 Å². The molecule has 0 aliphatic rings. The fraction of sp³-hybridized carbons (Fsp3) is 0.684. The molecule has 2 rings (SSSR count). The summed E-state index contributed by atoms with van der Waals surface area (Å²) in [5.41, 5.74) is -0.900. The van der Waals surface area contributed by atoms with Gasteiger partial charge < -0.3 is 28.1 Å². The second-order valence-corrected chi connectivity index (χ2v) is 27.2. The monoisotopic (exact) mass is 1360 g/mol. The van der Waals surface area contributed by atoms with Crippen LogP contribution in [0.5, 0.6) is 0 Å². The molecule has 0 amide bonds. The largest absolute Gasteiger partial charge is 2.00 e. The van der Waals surface area contributed by atoms with Crippen LogP contribution in [0.2, 0.25) is 0 Å². The van der Waals surface area contributed by atoms with Gasteiger partial charge in [-0.15, -0.1) is 0 Å². The van der Waals surface area contributed by atoms with E-state index in [2.05, 4.69) is 27.7 Å². The van der Waals surface area contributed by atoms with Gasteiger partial charge in [-0.05, 0) is 87.8 Å². The van der Waals surface area contributed by atoms with E-state index in [1.807, 2.05) is 24.3 Å². The van der Waals surface area contributed by atoms with Crippen LogP contribution in [-0.2, 0) is 39.2 Å². The number of ether oxygens (including phenoxy) is 4. The molecule has 0 unspecified atom stereocenters. The van der Waals surface area contributed by atoms with E-state index in [1.165, 1.54) is 218 Å². The van der Waals surface area contributed by atoms with E-state index in [-0.39, 0.29) is 86.4 Å². The van der Waals surface area contributed by atoms with Gasteiger partial charge in [-0.3, -0.25) is 0 Å². The molecule has 0 aromatic heterocycles. The van der Waals surface area contributed by atoms with E-state index in [4.69, 9.17) is 18.9 Å². The summed E-state index contributed by atoms with van der Waals surface area (Å²) in [6.07, 6.45) is 69.1. The van der Waals surface area contributed by atoms with Crippen LogP contribution in [-0.4, -0.2) is 114 Å². The van der Waals surface area contributed by atoms with Gasteiger partial charge in [-0.2, -0.15) is 0 Å². The average Bonchev–Trinajstić information content (AvgIpc) is 0.860. The van der Waals surface area contributed by atoms with Crippen molar-refractivity contribution in [3.8, 4) is 0 Å². The molecule has 0 N–H and O–H groups in total. The van der Waals surface area contributed by atoms with Crippen LogP contribution in [0.4, 0.5) is 0 Å². The van der Waals surface area contributed by atoms with Crippen LogP contribution in [0.1, 0.15) is 352 Å². The Morgan fingerprint density at radius 3 is 0.667 bits per heavy atom. The normalized spacial score (nSPS) is 11.8. The summed E-state index contributed by atoms with van der Waals surface area (Å²) in [7, 11) is -9.66. The fourth-order valence-electron chi connectivity index (χ4n) is 10.6. The van der Waals surface area contributed by atoms with Gasteiger partial charge in [0, 0.05) is 0 Å². The Morgan fingerprint density at radius 1 is 0.290 bits per heavy atom. The first-order valence-corrected chi connectivity index (χ1v) is 38.9. The minimum atomic E-state index is -4.83. The molecule has 0 heterocycles. The van der Waals surface area contributed by atoms with Crippen LogP contribution in [0.25, 0.3) is 0 Å². The van der Waals surface area contributed by atoms with E-state index in [9.17, 15) is 45.1 Å². The first-order chi connectivity index (χ1) is 44.6. The summed E-state index contributed by atoms with van der Waals surface area (Å²) in [6, 6.07) is 6.02. The Kier molecular flexibility index (Phi) is 59.5. The molecule has 0 aliphatic heterocycles. The third-order valence-corrected chi connectivity index (χ3v) is 17.9. The van der Waals surface area contributed by atoms with Gasteiger partial charge in [0.25, 0.3) is 0 Å². The molecular weight excluding hydrogens is 1240 g/mol. The quantitative estimate of drug-likeness (QED) is 0.0150. The maximum absolute atomic E-state index is 12.8. The number of allylic oxidation sites excluding steroid dienone is 4. The number of esters is 4. The molecule has 0 atom stereocenters. The Bertz CT molecular complexity index is 2400. The average molecular weight is 1360 g/mol. The fourth-order valence-corrected chi connectivity index (χ4v) is 11.6. The van der Waals surface area contributed by atoms with Crippen molar-refractivity contribution in [1.29, 1.82) is 0 Å². The minimum Gasteiger partial charge on any atom is -0.744 e. The molecule has 0 aliphatic carbocycles. The number of benzene rings is 2. The summed E-state index contributed by atoms with van der Waals surface area (Å²) in [5.74, 6) is -3.36. The van der Waals surface area contributed by atoms with Crippen LogP contribution in [0.15, 0.2) is 94.8 Å². The number of hydrogen-bond acceptors (Lipinski definition) is 14. The Balaban J connectivity index is 0.00000180. The molecule has 0 saturated heterocycles. The predicted octanol–water partition coefficient (Wildman–Crippen LogP) is 20.9. The van der Waals surface area contributed by atoms with E-state index in [0.717, 1.165) is 101 Å². The third kappa shape index (κ3) is 50.4. The second kappa shape index (κ2) is 61.9. The van der Waals surface area contributed by atoms with Crippen LogP contribution < -0.4 is 0 Å². The molecular formula is C76H122CaO14S2. The molecule has 2 aromatic carbocycles. The third-order valence-electron chi connectivity index (χ3n) is 16.2. The van der Waals surface area contributed by atoms with Crippen LogP contribution in [0, 0.1) is 0 Å². The second-order valence-electron chi connectivity index (χ2n) is 24.5. The van der Waals surface area contributed by atoms with E-state index < -0.39 is 53.9 Å². The molecule has 14 nitrogen and oxygen atoms in total. The first-order valence-electron chi connectivity index (χ1n) is 36.1. The molecule has 0 spiro atoms. The number of rotatable bonds is 58. The molecule has 0 fully saturated rings. The minimum absolute atomic E-state index is 0. The van der Waals surface area contributed by atoms with Crippen molar-refractivity contribution in [2.45, 2.75) is 320 Å². The standard InChI is InChI=1S/2C38H62O7S.Ca/c2*1-3-5-7-9-11-13-15-17-19-21-23-25-27-31-44-37(39)35-30-29-34(46(41,42)43)33-36(35)38(40)45-32-28-26-24-22-20-18-16-14-12-10-8-6-4-2;/h2*25-30,33H,3-24,31-32H2,1-2H3,(H,41,42,43);/q;;+2/p-2/b2*27-25+,28-26+;. The molecule has 524 valence electrons. The Morgan fingerprint density at radius 2 is 0.473 bits per heavy atom. The summed E-state index contributed by atoms with van der Waals surface area (Å²) < 4.78 is 90.5. The maximum Gasteiger partial charge on any atom is 2.00 e. The van der Waals surface area contributed by atoms with Gasteiger partial charge in [0.15, 0.2) is 0 Å². The molecule has 17 heteroatoms. The van der Waals surface area contributed by atoms with E-state index in [0.29, 0.717) is 0 Å². The number of hydrogen-bond donors (Lipinski definition) is 0. The van der Waals surface area contributed by atoms with Crippen molar-refractivity contribution in [2.75, 3.05) is 26.4 Å². The van der Waals surface area contributed by atoms with Gasteiger partial charge >= 0.3 is 61.6 Å². The maximum atomic E-state index is 12.8. The molecule has 0 saturated carbocycles. The van der Waals surface area contributed by atoms with Gasteiger partial charge in [0.2, 0.25) is 0 Å². The van der Waals surface area contributed by atoms with Crippen molar-refractivity contribution in [2.24, 2.45) is 0 Å². The zero-order valence-electron chi connectivity index (χ0n) is 58.3. The Labute approximate surface area is 595 Å². The molecule has 0 radical (unpaired) electrons. The van der Waals surface area contributed by atoms with Crippen molar-refractivity contribution in [1.82, 2.24) is 0 Å². The van der Waals surface area contributed by atoms with Gasteiger partial charge in [-0.25, -0.2) is 36.0 Å². The summed E-state index contributed by atoms with van der Waals surface area (Å²) in [5, 5.41) is 0.